The van der Waals surface area contributed by atoms with E-state index in [1.807, 2.05) is 31.2 Å². The number of ketones is 1. The van der Waals surface area contributed by atoms with E-state index in [1.165, 1.54) is 17.8 Å². The fraction of sp³-hybridized carbons (Fsp3) is 0.200. The molecule has 0 spiro atoms. The lowest BCUT2D eigenvalue weighted by Crippen LogP contribution is -2.02. The zero-order valence-corrected chi connectivity index (χ0v) is 10.2. The molecule has 0 fully saturated rings. The van der Waals surface area contributed by atoms with E-state index in [0.717, 1.165) is 11.8 Å². The second-order valence-electron chi connectivity index (χ2n) is 4.30. The van der Waals surface area contributed by atoms with Crippen molar-refractivity contribution in [1.29, 1.82) is 0 Å². The van der Waals surface area contributed by atoms with Gasteiger partial charge >= 0.3 is 0 Å². The van der Waals surface area contributed by atoms with Crippen LogP contribution in [0.3, 0.4) is 0 Å². The van der Waals surface area contributed by atoms with Crippen LogP contribution in [0.15, 0.2) is 42.7 Å². The summed E-state index contributed by atoms with van der Waals surface area (Å²) in [6, 6.07) is 9.27. The molecule has 3 heteroatoms. The quantitative estimate of drug-likeness (QED) is 0.771. The first-order valence-electron chi connectivity index (χ1n) is 5.84. The van der Waals surface area contributed by atoms with Gasteiger partial charge in [0, 0.05) is 18.2 Å². The van der Waals surface area contributed by atoms with Crippen molar-refractivity contribution in [2.45, 2.75) is 19.8 Å². The van der Waals surface area contributed by atoms with Gasteiger partial charge < -0.3 is 0 Å². The number of benzene rings is 1. The molecule has 0 saturated carbocycles. The summed E-state index contributed by atoms with van der Waals surface area (Å²) >= 11 is 0. The summed E-state index contributed by atoms with van der Waals surface area (Å²) < 4.78 is 12.9. The number of aryl methyl sites for hydroxylation is 2. The number of carbonyl (C=O) groups excluding carboxylic acids is 1. The Bertz CT molecular complexity index is 549. The van der Waals surface area contributed by atoms with Crippen LogP contribution < -0.4 is 0 Å². The van der Waals surface area contributed by atoms with Crippen LogP contribution in [0, 0.1) is 12.7 Å². The lowest BCUT2D eigenvalue weighted by Gasteiger charge is -2.02. The molecule has 0 aliphatic heterocycles. The van der Waals surface area contributed by atoms with Crippen molar-refractivity contribution in [3.63, 3.8) is 0 Å². The first kappa shape index (κ1) is 12.4. The van der Waals surface area contributed by atoms with E-state index in [0.29, 0.717) is 18.4 Å². The number of Topliss-reactive ketones (excluding diaryl/α,β-unsaturated/α-hetero) is 1. The van der Waals surface area contributed by atoms with Crippen molar-refractivity contribution < 1.29 is 9.18 Å². The molecule has 1 heterocycles. The Balaban J connectivity index is 1.98. The number of carbonyl (C=O) groups is 1. The smallest absolute Gasteiger partial charge is 0.164 e. The molecule has 1 aromatic carbocycles. The minimum absolute atomic E-state index is 0.0809. The van der Waals surface area contributed by atoms with E-state index >= 15 is 0 Å². The molecular formula is C15H14FNO. The van der Waals surface area contributed by atoms with E-state index in [9.17, 15) is 9.18 Å². The number of aromatic nitrogens is 1. The van der Waals surface area contributed by atoms with Crippen molar-refractivity contribution in [2.24, 2.45) is 0 Å². The minimum Gasteiger partial charge on any atom is -0.294 e. The molecule has 2 aromatic rings. The molecule has 0 saturated heterocycles. The van der Waals surface area contributed by atoms with Gasteiger partial charge in [0.2, 0.25) is 0 Å². The highest BCUT2D eigenvalue weighted by atomic mass is 19.1. The van der Waals surface area contributed by atoms with Gasteiger partial charge in [0.1, 0.15) is 5.82 Å². The van der Waals surface area contributed by atoms with Crippen molar-refractivity contribution in [2.75, 3.05) is 0 Å². The van der Waals surface area contributed by atoms with Gasteiger partial charge in [-0.3, -0.25) is 9.78 Å². The average molecular weight is 243 g/mol. The van der Waals surface area contributed by atoms with Crippen LogP contribution in [0.5, 0.6) is 0 Å². The highest BCUT2D eigenvalue weighted by molar-refractivity contribution is 5.95. The Kier molecular flexibility index (Phi) is 3.82. The van der Waals surface area contributed by atoms with Gasteiger partial charge in [-0.2, -0.15) is 0 Å². The lowest BCUT2D eigenvalue weighted by molar-refractivity contribution is 0.0982. The third kappa shape index (κ3) is 3.23. The first-order valence-corrected chi connectivity index (χ1v) is 5.84. The van der Waals surface area contributed by atoms with E-state index < -0.39 is 5.82 Å². The molecule has 1 aromatic heterocycles. The van der Waals surface area contributed by atoms with E-state index in [2.05, 4.69) is 4.98 Å². The predicted octanol–water partition coefficient (Wildman–Crippen LogP) is 3.34. The summed E-state index contributed by atoms with van der Waals surface area (Å²) in [4.78, 5) is 15.5. The lowest BCUT2D eigenvalue weighted by atomic mass is 10.0. The summed E-state index contributed by atoms with van der Waals surface area (Å²) in [6.07, 6.45) is 3.53. The monoisotopic (exact) mass is 243 g/mol. The summed E-state index contributed by atoms with van der Waals surface area (Å²) in [5, 5.41) is 0. The van der Waals surface area contributed by atoms with Crippen LogP contribution >= 0.6 is 0 Å². The SMILES string of the molecule is Cc1ccc(CCC(=O)c2cncc(F)c2)cc1. The second-order valence-corrected chi connectivity index (χ2v) is 4.30. The standard InChI is InChI=1S/C15H14FNO/c1-11-2-4-12(5-3-11)6-7-15(18)13-8-14(16)10-17-9-13/h2-5,8-10H,6-7H2,1H3. The predicted molar refractivity (Wildman–Crippen MR) is 68.0 cm³/mol. The zero-order chi connectivity index (χ0) is 13.0. The maximum Gasteiger partial charge on any atom is 0.164 e. The van der Waals surface area contributed by atoms with Crippen molar-refractivity contribution in [3.05, 3.63) is 65.2 Å². The van der Waals surface area contributed by atoms with Crippen molar-refractivity contribution in [3.8, 4) is 0 Å². The molecule has 0 aliphatic rings. The molecule has 2 nitrogen and oxygen atoms in total. The topological polar surface area (TPSA) is 30.0 Å². The fourth-order valence-electron chi connectivity index (χ4n) is 1.72. The number of pyridine rings is 1. The minimum atomic E-state index is -0.476. The molecule has 0 unspecified atom stereocenters. The van der Waals surface area contributed by atoms with Gasteiger partial charge in [0.15, 0.2) is 5.78 Å². The number of halogens is 1. The number of hydrogen-bond donors (Lipinski definition) is 0. The third-order valence-electron chi connectivity index (χ3n) is 2.79. The Morgan fingerprint density at radius 2 is 1.94 bits per heavy atom. The first-order chi connectivity index (χ1) is 8.65. The molecule has 0 N–H and O–H groups in total. The Morgan fingerprint density at radius 1 is 1.22 bits per heavy atom. The maximum absolute atomic E-state index is 12.9. The average Bonchev–Trinajstić information content (AvgIpc) is 2.38. The highest BCUT2D eigenvalue weighted by Gasteiger charge is 2.07. The highest BCUT2D eigenvalue weighted by Crippen LogP contribution is 2.10. The van der Waals surface area contributed by atoms with E-state index in [1.54, 1.807) is 0 Å². The molecule has 0 aliphatic carbocycles. The summed E-state index contributed by atoms with van der Waals surface area (Å²) in [7, 11) is 0. The van der Waals surface area contributed by atoms with Crippen LogP contribution in [0.1, 0.15) is 27.9 Å². The van der Waals surface area contributed by atoms with Gasteiger partial charge in [-0.05, 0) is 25.0 Å². The molecule has 0 amide bonds. The Morgan fingerprint density at radius 3 is 2.61 bits per heavy atom. The Hall–Kier alpha value is -2.03. The normalized spacial score (nSPS) is 10.3. The van der Waals surface area contributed by atoms with Crippen LogP contribution in [-0.4, -0.2) is 10.8 Å². The van der Waals surface area contributed by atoms with Crippen LogP contribution in [0.2, 0.25) is 0 Å². The summed E-state index contributed by atoms with van der Waals surface area (Å²) in [5.74, 6) is -0.557. The molecule has 0 atom stereocenters. The molecular weight excluding hydrogens is 229 g/mol. The van der Waals surface area contributed by atoms with Crippen LogP contribution in [0.25, 0.3) is 0 Å². The number of nitrogens with zero attached hydrogens (tertiary/aromatic N) is 1. The largest absolute Gasteiger partial charge is 0.294 e. The Labute approximate surface area is 105 Å². The zero-order valence-electron chi connectivity index (χ0n) is 10.2. The van der Waals surface area contributed by atoms with Crippen LogP contribution in [-0.2, 0) is 6.42 Å². The maximum atomic E-state index is 12.9. The van der Waals surface area contributed by atoms with Crippen LogP contribution in [0.4, 0.5) is 4.39 Å². The van der Waals surface area contributed by atoms with E-state index in [4.69, 9.17) is 0 Å². The molecule has 2 rings (SSSR count). The fourth-order valence-corrected chi connectivity index (χ4v) is 1.72. The summed E-state index contributed by atoms with van der Waals surface area (Å²) in [5.41, 5.74) is 2.64. The number of rotatable bonds is 4. The molecule has 0 bridgehead atoms. The third-order valence-corrected chi connectivity index (χ3v) is 2.79. The van der Waals surface area contributed by atoms with Crippen molar-refractivity contribution in [1.82, 2.24) is 4.98 Å². The van der Waals surface area contributed by atoms with Gasteiger partial charge in [-0.15, -0.1) is 0 Å². The molecule has 92 valence electrons. The van der Waals surface area contributed by atoms with Gasteiger partial charge in [0.25, 0.3) is 0 Å². The van der Waals surface area contributed by atoms with Crippen molar-refractivity contribution >= 4 is 5.78 Å². The molecule has 0 radical (unpaired) electrons. The molecule has 18 heavy (non-hydrogen) atoms. The van der Waals surface area contributed by atoms with Gasteiger partial charge in [-0.25, -0.2) is 4.39 Å². The second kappa shape index (κ2) is 5.54. The van der Waals surface area contributed by atoms with Gasteiger partial charge in [0.05, 0.1) is 6.20 Å². The van der Waals surface area contributed by atoms with E-state index in [-0.39, 0.29) is 5.78 Å². The number of hydrogen-bond acceptors (Lipinski definition) is 2. The van der Waals surface area contributed by atoms with Gasteiger partial charge in [-0.1, -0.05) is 29.8 Å². The summed E-state index contributed by atoms with van der Waals surface area (Å²) in [6.45, 7) is 2.02.